The van der Waals surface area contributed by atoms with Crippen LogP contribution in [0, 0.1) is 11.3 Å². The lowest BCUT2D eigenvalue weighted by Gasteiger charge is -2.47. The summed E-state index contributed by atoms with van der Waals surface area (Å²) in [6, 6.07) is 6.51. The Bertz CT molecular complexity index is 837. The minimum absolute atomic E-state index is 0.00304. The van der Waals surface area contributed by atoms with E-state index in [9.17, 15) is 4.79 Å². The maximum atomic E-state index is 14.1. The van der Waals surface area contributed by atoms with Gasteiger partial charge < -0.3 is 4.57 Å². The Morgan fingerprint density at radius 1 is 1.14 bits per heavy atom. The number of carbonyl (C=O) groups is 1. The second-order valence-electron chi connectivity index (χ2n) is 12.0. The smallest absolute Gasteiger partial charge is 0.225 e. The molecule has 1 saturated carbocycles. The Morgan fingerprint density at radius 2 is 1.66 bits per heavy atom. The van der Waals surface area contributed by atoms with E-state index in [1.807, 2.05) is 13.8 Å². The average molecular weight is 455 g/mol. The van der Waals surface area contributed by atoms with Crippen LogP contribution in [0.1, 0.15) is 78.9 Å². The molecule has 5 heteroatoms. The maximum absolute atomic E-state index is 14.1. The fourth-order valence-corrected chi connectivity index (χ4v) is 8.10. The largest absolute Gasteiger partial charge is 0.339 e. The molecule has 2 atom stereocenters. The third-order valence-corrected chi connectivity index (χ3v) is 14.7. The molecular formula is C24H37Cl2NOSi. The quantitative estimate of drug-likeness (QED) is 0.339. The van der Waals surface area contributed by atoms with E-state index < -0.39 is 18.0 Å². The minimum Gasteiger partial charge on any atom is -0.339 e. The van der Waals surface area contributed by atoms with E-state index in [1.165, 1.54) is 11.1 Å². The topological polar surface area (TPSA) is 20.3 Å². The molecule has 0 heterocycles. The molecule has 0 aromatic heterocycles. The molecule has 0 N–H and O–H groups in total. The van der Waals surface area contributed by atoms with E-state index in [1.54, 1.807) is 0 Å². The summed E-state index contributed by atoms with van der Waals surface area (Å²) < 4.78 is 1.16. The molecule has 2 unspecified atom stereocenters. The number of hydrogen-bond donors (Lipinski definition) is 0. The van der Waals surface area contributed by atoms with Gasteiger partial charge in [-0.3, -0.25) is 4.79 Å². The molecule has 0 aliphatic heterocycles. The van der Waals surface area contributed by atoms with Gasteiger partial charge in [0.05, 0.1) is 5.92 Å². The van der Waals surface area contributed by atoms with Crippen molar-refractivity contribution in [1.82, 2.24) is 0 Å². The summed E-state index contributed by atoms with van der Waals surface area (Å²) >= 11 is 13.2. The van der Waals surface area contributed by atoms with Gasteiger partial charge in [-0.25, -0.2) is 0 Å². The highest BCUT2D eigenvalue weighted by molar-refractivity contribution is 6.86. The van der Waals surface area contributed by atoms with Crippen molar-refractivity contribution in [2.75, 3.05) is 4.57 Å². The Hall–Kier alpha value is -0.513. The number of benzene rings is 1. The normalized spacial score (nSPS) is 26.8. The zero-order valence-corrected chi connectivity index (χ0v) is 22.2. The van der Waals surface area contributed by atoms with Crippen molar-refractivity contribution in [2.45, 2.75) is 95.6 Å². The summed E-state index contributed by atoms with van der Waals surface area (Å²) in [4.78, 5) is 14.1. The molecule has 29 heavy (non-hydrogen) atoms. The summed E-state index contributed by atoms with van der Waals surface area (Å²) in [5, 5.41) is 0.00304. The number of carbonyl (C=O) groups excluding carboxylic acids is 1. The predicted molar refractivity (Wildman–Crippen MR) is 129 cm³/mol. The number of hydrogen-bond acceptors (Lipinski definition) is 1. The number of amides is 1. The van der Waals surface area contributed by atoms with Crippen LogP contribution in [-0.2, 0) is 10.2 Å². The maximum Gasteiger partial charge on any atom is 0.225 e. The second kappa shape index (κ2) is 6.50. The lowest BCUT2D eigenvalue weighted by molar-refractivity contribution is -0.119. The Balaban J connectivity index is 2.23. The summed E-state index contributed by atoms with van der Waals surface area (Å²) in [5.41, 5.74) is 3.50. The minimum atomic E-state index is -2.24. The van der Waals surface area contributed by atoms with Gasteiger partial charge in [0.25, 0.3) is 0 Å². The third-order valence-electron chi connectivity index (χ3n) is 8.08. The van der Waals surface area contributed by atoms with Crippen molar-refractivity contribution >= 4 is 43.0 Å². The summed E-state index contributed by atoms with van der Waals surface area (Å²) in [6.45, 7) is 22.3. The number of alkyl halides is 2. The summed E-state index contributed by atoms with van der Waals surface area (Å²) in [5.74, 6) is 0.130. The summed E-state index contributed by atoms with van der Waals surface area (Å²) in [7, 11) is -2.24. The molecule has 3 rings (SSSR count). The van der Waals surface area contributed by atoms with E-state index in [4.69, 9.17) is 23.2 Å². The van der Waals surface area contributed by atoms with Gasteiger partial charge >= 0.3 is 0 Å². The van der Waals surface area contributed by atoms with Gasteiger partial charge in [-0.05, 0) is 40.0 Å². The highest BCUT2D eigenvalue weighted by Crippen LogP contribution is 2.69. The van der Waals surface area contributed by atoms with E-state index in [0.29, 0.717) is 5.92 Å². The molecule has 162 valence electrons. The molecule has 0 bridgehead atoms. The Labute approximate surface area is 188 Å². The van der Waals surface area contributed by atoms with Crippen LogP contribution in [0.15, 0.2) is 18.2 Å². The standard InChI is InChI=1S/C24H37Cl2NOSi/c1-15-14-22(5,6)16-12-11-13-17(18(15)16)27(29(9,10)21(2,3)4)20(28)19-23(7,8)24(19,25)26/h11-13,15,19H,14H2,1-10H3. The van der Waals surface area contributed by atoms with Gasteiger partial charge in [-0.15, -0.1) is 23.2 Å². The van der Waals surface area contributed by atoms with Gasteiger partial charge in [0.15, 0.2) is 8.24 Å². The van der Waals surface area contributed by atoms with Crippen LogP contribution < -0.4 is 4.57 Å². The first kappa shape index (κ1) is 23.2. The van der Waals surface area contributed by atoms with E-state index in [2.05, 4.69) is 77.4 Å². The van der Waals surface area contributed by atoms with E-state index in [0.717, 1.165) is 12.1 Å². The van der Waals surface area contributed by atoms with Gasteiger partial charge in [0.1, 0.15) is 4.33 Å². The van der Waals surface area contributed by atoms with Crippen LogP contribution in [-0.4, -0.2) is 18.5 Å². The fraction of sp³-hybridized carbons (Fsp3) is 0.708. The lowest BCUT2D eigenvalue weighted by Crippen LogP contribution is -2.59. The number of fused-ring (bicyclic) bond motifs is 1. The second-order valence-corrected chi connectivity index (χ2v) is 18.4. The molecule has 0 spiro atoms. The zero-order valence-electron chi connectivity index (χ0n) is 19.7. The first-order chi connectivity index (χ1) is 12.9. The van der Waals surface area contributed by atoms with Gasteiger partial charge in [-0.1, -0.05) is 80.6 Å². The zero-order chi connectivity index (χ0) is 22.4. The van der Waals surface area contributed by atoms with Crippen molar-refractivity contribution in [3.8, 4) is 0 Å². The molecule has 2 nitrogen and oxygen atoms in total. The fourth-order valence-electron chi connectivity index (χ4n) is 5.11. The molecule has 2 aliphatic rings. The molecule has 0 radical (unpaired) electrons. The van der Waals surface area contributed by atoms with Gasteiger partial charge in [0, 0.05) is 11.1 Å². The van der Waals surface area contributed by atoms with Crippen LogP contribution in [0.2, 0.25) is 18.1 Å². The molecule has 1 fully saturated rings. The lowest BCUT2D eigenvalue weighted by atomic mass is 9.86. The van der Waals surface area contributed by atoms with Crippen LogP contribution in [0.5, 0.6) is 0 Å². The van der Waals surface area contributed by atoms with Gasteiger partial charge in [-0.2, -0.15) is 0 Å². The predicted octanol–water partition coefficient (Wildman–Crippen LogP) is 7.64. The summed E-state index contributed by atoms with van der Waals surface area (Å²) in [6.07, 6.45) is 1.10. The number of anilines is 1. The first-order valence-corrected chi connectivity index (χ1v) is 14.4. The number of rotatable bonds is 3. The SMILES string of the molecule is CC1CC(C)(C)c2cccc(N(C(=O)C3C(C)(C)C3(Cl)Cl)[Si](C)(C)C(C)(C)C)c21. The molecule has 1 aromatic carbocycles. The number of nitrogens with zero attached hydrogens (tertiary/aromatic N) is 1. The highest BCUT2D eigenvalue weighted by atomic mass is 35.5. The Kier molecular flexibility index (Phi) is 5.19. The van der Waals surface area contributed by atoms with Crippen LogP contribution in [0.4, 0.5) is 5.69 Å². The van der Waals surface area contributed by atoms with E-state index >= 15 is 0 Å². The van der Waals surface area contributed by atoms with Crippen LogP contribution >= 0.6 is 23.2 Å². The molecule has 2 aliphatic carbocycles. The monoisotopic (exact) mass is 453 g/mol. The third kappa shape index (κ3) is 3.22. The van der Waals surface area contributed by atoms with Crippen molar-refractivity contribution in [2.24, 2.45) is 11.3 Å². The average Bonchev–Trinajstić information content (AvgIpc) is 2.79. The van der Waals surface area contributed by atoms with Crippen molar-refractivity contribution < 1.29 is 4.79 Å². The van der Waals surface area contributed by atoms with Crippen molar-refractivity contribution in [3.05, 3.63) is 29.3 Å². The van der Waals surface area contributed by atoms with Crippen molar-refractivity contribution in [3.63, 3.8) is 0 Å². The Morgan fingerprint density at radius 3 is 2.10 bits per heavy atom. The van der Waals surface area contributed by atoms with Crippen LogP contribution in [0.25, 0.3) is 0 Å². The number of halogens is 2. The van der Waals surface area contributed by atoms with Crippen LogP contribution in [0.3, 0.4) is 0 Å². The molecule has 1 aromatic rings. The highest BCUT2D eigenvalue weighted by Gasteiger charge is 2.75. The first-order valence-electron chi connectivity index (χ1n) is 10.7. The van der Waals surface area contributed by atoms with Gasteiger partial charge in [0.2, 0.25) is 5.91 Å². The van der Waals surface area contributed by atoms with E-state index in [-0.39, 0.29) is 22.3 Å². The molecule has 0 saturated heterocycles. The molecular weight excluding hydrogens is 417 g/mol. The molecule has 1 amide bonds. The van der Waals surface area contributed by atoms with Crippen molar-refractivity contribution in [1.29, 1.82) is 0 Å².